The molecule has 0 spiro atoms. The van der Waals surface area contributed by atoms with Crippen molar-refractivity contribution in [1.29, 1.82) is 0 Å². The second-order valence-corrected chi connectivity index (χ2v) is 8.23. The molecule has 0 unspecified atom stereocenters. The highest BCUT2D eigenvalue weighted by Crippen LogP contribution is 2.51. The standard InChI is InChI=1S/C16H35BrO3S/c1-4-19-21(18-3,20-5-2)16-14-12-10-8-6-7-9-11-13-15-17/h4-16H2,1-3H3. The molecule has 0 bridgehead atoms. The van der Waals surface area contributed by atoms with E-state index in [1.54, 1.807) is 7.11 Å². The lowest BCUT2D eigenvalue weighted by molar-refractivity contribution is 0.202. The van der Waals surface area contributed by atoms with E-state index in [2.05, 4.69) is 15.9 Å². The summed E-state index contributed by atoms with van der Waals surface area (Å²) in [7, 11) is -0.0447. The molecule has 21 heavy (non-hydrogen) atoms. The van der Waals surface area contributed by atoms with Gasteiger partial charge in [0.25, 0.3) is 0 Å². The van der Waals surface area contributed by atoms with Crippen LogP contribution in [0.2, 0.25) is 0 Å². The number of unbranched alkanes of at least 4 members (excludes halogenated alkanes) is 8. The molecule has 0 aliphatic carbocycles. The third kappa shape index (κ3) is 11.9. The molecular formula is C16H35BrO3S. The molecule has 0 aliphatic rings. The highest BCUT2D eigenvalue weighted by Gasteiger charge is 2.24. The maximum Gasteiger partial charge on any atom is 0.0884 e. The monoisotopic (exact) mass is 386 g/mol. The summed E-state index contributed by atoms with van der Waals surface area (Å²) in [5.41, 5.74) is 0. The predicted molar refractivity (Wildman–Crippen MR) is 98.1 cm³/mol. The third-order valence-corrected chi connectivity index (χ3v) is 6.42. The summed E-state index contributed by atoms with van der Waals surface area (Å²) in [5.74, 6) is 0.899. The Morgan fingerprint density at radius 3 is 1.52 bits per heavy atom. The average molecular weight is 387 g/mol. The molecule has 0 fully saturated rings. The van der Waals surface area contributed by atoms with Gasteiger partial charge in [-0.15, -0.1) is 0 Å². The van der Waals surface area contributed by atoms with Crippen molar-refractivity contribution in [2.75, 3.05) is 31.4 Å². The largest absolute Gasteiger partial charge is 0.296 e. The van der Waals surface area contributed by atoms with Gasteiger partial charge < -0.3 is 0 Å². The van der Waals surface area contributed by atoms with Gasteiger partial charge in [0.15, 0.2) is 0 Å². The lowest BCUT2D eigenvalue weighted by Gasteiger charge is -2.35. The van der Waals surface area contributed by atoms with Crippen LogP contribution in [0.1, 0.15) is 71.6 Å². The Balaban J connectivity index is 3.57. The van der Waals surface area contributed by atoms with Crippen LogP contribution in [0.4, 0.5) is 0 Å². The molecule has 5 heteroatoms. The summed E-state index contributed by atoms with van der Waals surface area (Å²) in [6, 6.07) is 0. The topological polar surface area (TPSA) is 27.7 Å². The Labute approximate surface area is 142 Å². The van der Waals surface area contributed by atoms with Gasteiger partial charge in [0.05, 0.1) is 31.2 Å². The second-order valence-electron chi connectivity index (χ2n) is 5.11. The molecule has 0 aromatic carbocycles. The summed E-state index contributed by atoms with van der Waals surface area (Å²) in [6.07, 6.45) is 11.9. The molecule has 0 rings (SSSR count). The SMILES string of the molecule is CCOS(CCCCCCCCCCCBr)(OC)OCC. The molecule has 0 amide bonds. The van der Waals surface area contributed by atoms with E-state index in [0.717, 1.165) is 17.5 Å². The van der Waals surface area contributed by atoms with Gasteiger partial charge in [-0.25, -0.2) is 0 Å². The van der Waals surface area contributed by atoms with E-state index >= 15 is 0 Å². The van der Waals surface area contributed by atoms with E-state index in [1.165, 1.54) is 51.4 Å². The number of hydrogen-bond acceptors (Lipinski definition) is 3. The Morgan fingerprint density at radius 1 is 0.714 bits per heavy atom. The highest BCUT2D eigenvalue weighted by molar-refractivity contribution is 9.09. The minimum atomic E-state index is -1.75. The van der Waals surface area contributed by atoms with Crippen LogP contribution in [0, 0.1) is 0 Å². The minimum absolute atomic E-state index is 0.650. The quantitative estimate of drug-likeness (QED) is 0.234. The van der Waals surface area contributed by atoms with Crippen molar-refractivity contribution in [2.45, 2.75) is 71.6 Å². The van der Waals surface area contributed by atoms with Crippen LogP contribution in [0.15, 0.2) is 0 Å². The molecule has 0 aliphatic heterocycles. The zero-order valence-electron chi connectivity index (χ0n) is 14.2. The molecule has 0 saturated heterocycles. The molecule has 3 nitrogen and oxygen atoms in total. The van der Waals surface area contributed by atoms with Gasteiger partial charge in [0.1, 0.15) is 0 Å². The maximum absolute atomic E-state index is 5.74. The van der Waals surface area contributed by atoms with Crippen LogP contribution in [-0.4, -0.2) is 31.4 Å². The lowest BCUT2D eigenvalue weighted by atomic mass is 10.1. The van der Waals surface area contributed by atoms with Gasteiger partial charge in [0, 0.05) is 11.1 Å². The summed E-state index contributed by atoms with van der Waals surface area (Å²) < 4.78 is 17.0. The number of halogens is 1. The summed E-state index contributed by atoms with van der Waals surface area (Å²) in [4.78, 5) is 0. The molecular weight excluding hydrogens is 352 g/mol. The van der Waals surface area contributed by atoms with Crippen LogP contribution in [0.5, 0.6) is 0 Å². The van der Waals surface area contributed by atoms with E-state index in [1.807, 2.05) is 13.8 Å². The Bertz CT molecular complexity index is 212. The van der Waals surface area contributed by atoms with Crippen molar-refractivity contribution in [3.8, 4) is 0 Å². The van der Waals surface area contributed by atoms with Crippen molar-refractivity contribution in [3.63, 3.8) is 0 Å². The van der Waals surface area contributed by atoms with Crippen molar-refractivity contribution in [2.24, 2.45) is 0 Å². The van der Waals surface area contributed by atoms with Crippen molar-refractivity contribution < 1.29 is 12.5 Å². The molecule has 0 atom stereocenters. The normalized spacial score (nSPS) is 12.8. The van der Waals surface area contributed by atoms with Crippen molar-refractivity contribution in [3.05, 3.63) is 0 Å². The van der Waals surface area contributed by atoms with Gasteiger partial charge in [-0.05, 0) is 26.7 Å². The Kier molecular flexibility index (Phi) is 16.1. The van der Waals surface area contributed by atoms with Gasteiger partial charge >= 0.3 is 0 Å². The molecule has 0 aromatic heterocycles. The first-order valence-corrected chi connectivity index (χ1v) is 11.2. The first-order valence-electron chi connectivity index (χ1n) is 8.46. The molecule has 0 saturated carbocycles. The average Bonchev–Trinajstić information content (AvgIpc) is 2.49. The van der Waals surface area contributed by atoms with Crippen molar-refractivity contribution in [1.82, 2.24) is 0 Å². The Morgan fingerprint density at radius 2 is 1.14 bits per heavy atom. The van der Waals surface area contributed by atoms with Crippen LogP contribution in [-0.2, 0) is 12.5 Å². The number of hydrogen-bond donors (Lipinski definition) is 0. The first kappa shape index (κ1) is 21.7. The zero-order chi connectivity index (χ0) is 15.8. The fourth-order valence-corrected chi connectivity index (χ4v) is 4.64. The van der Waals surface area contributed by atoms with E-state index in [0.29, 0.717) is 13.2 Å². The van der Waals surface area contributed by atoms with Crippen LogP contribution in [0.25, 0.3) is 0 Å². The maximum atomic E-state index is 5.74. The van der Waals surface area contributed by atoms with E-state index in [-0.39, 0.29) is 0 Å². The molecule has 0 heterocycles. The molecule has 130 valence electrons. The summed E-state index contributed by atoms with van der Waals surface area (Å²) >= 11 is 3.48. The second kappa shape index (κ2) is 15.6. The van der Waals surface area contributed by atoms with Crippen LogP contribution in [0.3, 0.4) is 0 Å². The number of rotatable bonds is 16. The minimum Gasteiger partial charge on any atom is -0.296 e. The van der Waals surface area contributed by atoms with Crippen molar-refractivity contribution >= 4 is 26.8 Å². The highest BCUT2D eigenvalue weighted by atomic mass is 79.9. The smallest absolute Gasteiger partial charge is 0.0884 e. The van der Waals surface area contributed by atoms with Gasteiger partial charge in [-0.2, -0.15) is 0 Å². The molecule has 0 radical (unpaired) electrons. The van der Waals surface area contributed by atoms with Crippen LogP contribution >= 0.6 is 26.8 Å². The first-order chi connectivity index (χ1) is 10.2. The van der Waals surface area contributed by atoms with Gasteiger partial charge in [-0.1, -0.05) is 60.9 Å². The zero-order valence-corrected chi connectivity index (χ0v) is 16.6. The van der Waals surface area contributed by atoms with E-state index in [4.69, 9.17) is 12.5 Å². The fourth-order valence-electron chi connectivity index (χ4n) is 2.30. The van der Waals surface area contributed by atoms with E-state index < -0.39 is 10.9 Å². The lowest BCUT2D eigenvalue weighted by Crippen LogP contribution is -2.14. The molecule has 0 aromatic rings. The Hall–Kier alpha value is 0.710. The summed E-state index contributed by atoms with van der Waals surface area (Å²) in [6.45, 7) is 5.29. The fraction of sp³-hybridized carbons (Fsp3) is 1.00. The van der Waals surface area contributed by atoms with Crippen LogP contribution < -0.4 is 0 Å². The summed E-state index contributed by atoms with van der Waals surface area (Å²) in [5, 5.41) is 1.15. The van der Waals surface area contributed by atoms with E-state index in [9.17, 15) is 0 Å². The third-order valence-electron chi connectivity index (χ3n) is 3.38. The van der Waals surface area contributed by atoms with Gasteiger partial charge in [-0.3, -0.25) is 12.5 Å². The molecule has 0 N–H and O–H groups in total. The number of alkyl halides is 1. The van der Waals surface area contributed by atoms with Gasteiger partial charge in [0.2, 0.25) is 0 Å². The predicted octanol–water partition coefficient (Wildman–Crippen LogP) is 6.16.